The van der Waals surface area contributed by atoms with Crippen LogP contribution in [0.4, 0.5) is 13.2 Å². The molecule has 0 spiro atoms. The number of benzene rings is 2. The van der Waals surface area contributed by atoms with Gasteiger partial charge in [0.05, 0.1) is 11.3 Å². The van der Waals surface area contributed by atoms with Crippen LogP contribution in [0.2, 0.25) is 0 Å². The highest BCUT2D eigenvalue weighted by Crippen LogP contribution is 2.38. The predicted octanol–water partition coefficient (Wildman–Crippen LogP) is 6.93. The van der Waals surface area contributed by atoms with Gasteiger partial charge in [0.2, 0.25) is 0 Å². The zero-order chi connectivity index (χ0) is 21.1. The lowest BCUT2D eigenvalue weighted by Gasteiger charge is -2.22. The maximum Gasteiger partial charge on any atom is 0.416 e. The molecule has 1 fully saturated rings. The number of para-hydroxylation sites is 1. The molecule has 1 saturated carbocycles. The van der Waals surface area contributed by atoms with Gasteiger partial charge in [0.25, 0.3) is 0 Å². The average Bonchev–Trinajstić information content (AvgIpc) is 3.16. The second-order valence-corrected chi connectivity index (χ2v) is 8.68. The lowest BCUT2D eigenvalue weighted by Crippen LogP contribution is -2.12. The van der Waals surface area contributed by atoms with Crippen LogP contribution in [0.3, 0.4) is 0 Å². The van der Waals surface area contributed by atoms with Crippen molar-refractivity contribution in [3.05, 3.63) is 71.0 Å². The van der Waals surface area contributed by atoms with Gasteiger partial charge in [-0.1, -0.05) is 67.4 Å². The van der Waals surface area contributed by atoms with E-state index < -0.39 is 11.7 Å². The van der Waals surface area contributed by atoms with E-state index in [-0.39, 0.29) is 11.3 Å². The highest BCUT2D eigenvalue weighted by molar-refractivity contribution is 7.98. The number of hydrogen-bond donors (Lipinski definition) is 0. The van der Waals surface area contributed by atoms with Gasteiger partial charge in [0.15, 0.2) is 5.16 Å². The third kappa shape index (κ3) is 4.41. The smallest absolute Gasteiger partial charge is 0.274 e. The lowest BCUT2D eigenvalue weighted by molar-refractivity contribution is -0.138. The SMILES string of the molecule is Cc1ccccc1-n1c(SCc2ccccc2C(F)(F)F)nnc1C1CCCCC1. The average molecular weight is 432 g/mol. The number of rotatable bonds is 5. The Kier molecular flexibility index (Phi) is 6.18. The summed E-state index contributed by atoms with van der Waals surface area (Å²) in [4.78, 5) is 0. The molecule has 0 unspecified atom stereocenters. The predicted molar refractivity (Wildman–Crippen MR) is 113 cm³/mol. The first-order valence-electron chi connectivity index (χ1n) is 10.2. The number of aryl methyl sites for hydroxylation is 1. The number of hydrogen-bond acceptors (Lipinski definition) is 3. The topological polar surface area (TPSA) is 30.7 Å². The van der Waals surface area contributed by atoms with Gasteiger partial charge in [-0.3, -0.25) is 4.57 Å². The van der Waals surface area contributed by atoms with Gasteiger partial charge < -0.3 is 0 Å². The molecule has 30 heavy (non-hydrogen) atoms. The minimum absolute atomic E-state index is 0.185. The Morgan fingerprint density at radius 2 is 1.67 bits per heavy atom. The van der Waals surface area contributed by atoms with Gasteiger partial charge in [0, 0.05) is 11.7 Å². The maximum absolute atomic E-state index is 13.4. The van der Waals surface area contributed by atoms with Crippen LogP contribution in [-0.4, -0.2) is 14.8 Å². The molecule has 1 aliphatic carbocycles. The quantitative estimate of drug-likeness (QED) is 0.410. The first-order valence-corrected chi connectivity index (χ1v) is 11.2. The zero-order valence-electron chi connectivity index (χ0n) is 16.8. The van der Waals surface area contributed by atoms with E-state index in [1.54, 1.807) is 6.07 Å². The number of thioether (sulfide) groups is 1. The fraction of sp³-hybridized carbons (Fsp3) is 0.391. The second-order valence-electron chi connectivity index (χ2n) is 7.74. The summed E-state index contributed by atoms with van der Waals surface area (Å²) in [6.07, 6.45) is 1.37. The summed E-state index contributed by atoms with van der Waals surface area (Å²) in [5.74, 6) is 1.45. The zero-order valence-corrected chi connectivity index (χ0v) is 17.6. The molecule has 7 heteroatoms. The van der Waals surface area contributed by atoms with E-state index in [0.717, 1.165) is 36.0 Å². The highest BCUT2D eigenvalue weighted by atomic mass is 32.2. The van der Waals surface area contributed by atoms with Gasteiger partial charge in [-0.25, -0.2) is 0 Å². The summed E-state index contributed by atoms with van der Waals surface area (Å²) >= 11 is 1.31. The molecule has 0 atom stereocenters. The number of aromatic nitrogens is 3. The standard InChI is InChI=1S/C23H24F3N3S/c1-16-9-5-8-14-20(16)29-21(17-10-3-2-4-11-17)27-28-22(29)30-15-18-12-6-7-13-19(18)23(24,25)26/h5-9,12-14,17H,2-4,10-11,15H2,1H3. The van der Waals surface area contributed by atoms with Crippen molar-refractivity contribution < 1.29 is 13.2 Å². The first kappa shape index (κ1) is 21.0. The van der Waals surface area contributed by atoms with Crippen LogP contribution in [0, 0.1) is 6.92 Å². The van der Waals surface area contributed by atoms with Crippen molar-refractivity contribution in [2.24, 2.45) is 0 Å². The van der Waals surface area contributed by atoms with Crippen LogP contribution in [-0.2, 0) is 11.9 Å². The highest BCUT2D eigenvalue weighted by Gasteiger charge is 2.33. The summed E-state index contributed by atoms with van der Waals surface area (Å²) in [7, 11) is 0. The normalized spacial score (nSPS) is 15.5. The van der Waals surface area contributed by atoms with Crippen molar-refractivity contribution in [2.75, 3.05) is 0 Å². The van der Waals surface area contributed by atoms with E-state index in [1.807, 2.05) is 31.2 Å². The van der Waals surface area contributed by atoms with Crippen molar-refractivity contribution >= 4 is 11.8 Å². The van der Waals surface area contributed by atoms with Crippen LogP contribution < -0.4 is 0 Å². The van der Waals surface area contributed by atoms with E-state index in [0.29, 0.717) is 11.1 Å². The van der Waals surface area contributed by atoms with Gasteiger partial charge in [-0.15, -0.1) is 10.2 Å². The van der Waals surface area contributed by atoms with Crippen molar-refractivity contribution in [3.63, 3.8) is 0 Å². The Morgan fingerprint density at radius 1 is 0.967 bits per heavy atom. The number of halogens is 3. The summed E-state index contributed by atoms with van der Waals surface area (Å²) in [6.45, 7) is 2.04. The summed E-state index contributed by atoms with van der Waals surface area (Å²) < 4.78 is 42.2. The molecule has 1 aliphatic rings. The van der Waals surface area contributed by atoms with Crippen LogP contribution in [0.1, 0.15) is 60.5 Å². The molecule has 158 valence electrons. The first-order chi connectivity index (χ1) is 14.4. The Morgan fingerprint density at radius 3 is 2.40 bits per heavy atom. The minimum Gasteiger partial charge on any atom is -0.274 e. The third-order valence-electron chi connectivity index (χ3n) is 5.66. The van der Waals surface area contributed by atoms with E-state index in [4.69, 9.17) is 0 Å². The van der Waals surface area contributed by atoms with Gasteiger partial charge in [0.1, 0.15) is 5.82 Å². The minimum atomic E-state index is -4.37. The molecule has 2 aromatic carbocycles. The fourth-order valence-electron chi connectivity index (χ4n) is 4.11. The maximum atomic E-state index is 13.4. The Hall–Kier alpha value is -2.28. The molecule has 3 aromatic rings. The Balaban J connectivity index is 1.69. The molecule has 4 rings (SSSR count). The molecule has 1 aromatic heterocycles. The molecule has 0 amide bonds. The van der Waals surface area contributed by atoms with E-state index in [2.05, 4.69) is 14.8 Å². The molecule has 3 nitrogen and oxygen atoms in total. The Labute approximate surface area is 178 Å². The van der Waals surface area contributed by atoms with Gasteiger partial charge in [-0.05, 0) is 43.0 Å². The lowest BCUT2D eigenvalue weighted by atomic mass is 9.88. The van der Waals surface area contributed by atoms with E-state index >= 15 is 0 Å². The summed E-state index contributed by atoms with van der Waals surface area (Å²) in [5, 5.41) is 9.56. The van der Waals surface area contributed by atoms with Crippen LogP contribution in [0.25, 0.3) is 5.69 Å². The third-order valence-corrected chi connectivity index (χ3v) is 6.64. The van der Waals surface area contributed by atoms with Crippen LogP contribution in [0.5, 0.6) is 0 Å². The molecule has 0 bridgehead atoms. The van der Waals surface area contributed by atoms with Crippen LogP contribution >= 0.6 is 11.8 Å². The Bertz CT molecular complexity index is 1010. The second kappa shape index (κ2) is 8.84. The van der Waals surface area contributed by atoms with Crippen molar-refractivity contribution in [1.29, 1.82) is 0 Å². The van der Waals surface area contributed by atoms with Crippen LogP contribution in [0.15, 0.2) is 53.7 Å². The summed E-state index contributed by atoms with van der Waals surface area (Å²) in [6, 6.07) is 13.8. The molecular weight excluding hydrogens is 407 g/mol. The van der Waals surface area contributed by atoms with E-state index in [1.165, 1.54) is 43.2 Å². The van der Waals surface area contributed by atoms with Crippen molar-refractivity contribution in [1.82, 2.24) is 14.8 Å². The molecular formula is C23H24F3N3S. The fourth-order valence-corrected chi connectivity index (χ4v) is 5.06. The number of nitrogens with zero attached hydrogens (tertiary/aromatic N) is 3. The molecule has 1 heterocycles. The van der Waals surface area contributed by atoms with Crippen molar-refractivity contribution in [2.45, 2.75) is 62.0 Å². The van der Waals surface area contributed by atoms with E-state index in [9.17, 15) is 13.2 Å². The van der Waals surface area contributed by atoms with Gasteiger partial charge in [-0.2, -0.15) is 13.2 Å². The van der Waals surface area contributed by atoms with Crippen molar-refractivity contribution in [3.8, 4) is 5.69 Å². The van der Waals surface area contributed by atoms with Gasteiger partial charge >= 0.3 is 6.18 Å². The largest absolute Gasteiger partial charge is 0.416 e. The molecule has 0 saturated heterocycles. The summed E-state index contributed by atoms with van der Waals surface area (Å²) in [5.41, 5.74) is 1.75. The molecule has 0 radical (unpaired) electrons. The molecule has 0 N–H and O–H groups in total. The monoisotopic (exact) mass is 431 g/mol. The number of alkyl halides is 3. The molecule has 0 aliphatic heterocycles.